The molecule has 2 rings (SSSR count). The third kappa shape index (κ3) is 4.42. The van der Waals surface area contributed by atoms with Crippen LogP contribution in [-0.4, -0.2) is 44.7 Å². The number of aryl methyl sites for hydroxylation is 1. The number of carbonyl (C=O) groups is 1. The Morgan fingerprint density at radius 1 is 1.45 bits per heavy atom. The van der Waals surface area contributed by atoms with Crippen LogP contribution in [0.25, 0.3) is 11.6 Å². The van der Waals surface area contributed by atoms with Crippen molar-refractivity contribution < 1.29 is 18.8 Å². The van der Waals surface area contributed by atoms with Crippen molar-refractivity contribution in [2.75, 3.05) is 13.1 Å². The number of aliphatic hydroxyl groups is 1. The second kappa shape index (κ2) is 6.74. The molecule has 0 bridgehead atoms. The fourth-order valence-corrected chi connectivity index (χ4v) is 2.08. The smallest absolute Gasteiger partial charge is 0.238 e. The second-order valence-corrected chi connectivity index (χ2v) is 5.71. The summed E-state index contributed by atoms with van der Waals surface area (Å²) in [4.78, 5) is 18.0. The molecule has 120 valence electrons. The Balaban J connectivity index is 1.90. The number of hydrogen-bond acceptors (Lipinski definition) is 6. The van der Waals surface area contributed by atoms with Gasteiger partial charge in [-0.1, -0.05) is 5.16 Å². The average molecular weight is 307 g/mol. The molecule has 0 fully saturated rings. The molecule has 0 radical (unpaired) electrons. The predicted molar refractivity (Wildman–Crippen MR) is 78.9 cm³/mol. The molecule has 1 N–H and O–H groups in total. The largest absolute Gasteiger partial charge is 0.461 e. The highest BCUT2D eigenvalue weighted by Gasteiger charge is 2.21. The lowest BCUT2D eigenvalue weighted by molar-refractivity contribution is -0.134. The lowest BCUT2D eigenvalue weighted by atomic mass is 10.1. The number of nitrogens with zero attached hydrogens (tertiary/aromatic N) is 3. The van der Waals surface area contributed by atoms with E-state index in [9.17, 15) is 9.90 Å². The fraction of sp³-hybridized carbons (Fsp3) is 0.533. The number of likely N-dealkylation sites (N-methyl/N-ethyl adjacent to an activating group) is 1. The molecule has 7 heteroatoms. The van der Waals surface area contributed by atoms with Crippen LogP contribution >= 0.6 is 0 Å². The minimum Gasteiger partial charge on any atom is -0.461 e. The Morgan fingerprint density at radius 3 is 2.82 bits per heavy atom. The Labute approximate surface area is 128 Å². The van der Waals surface area contributed by atoms with Crippen molar-refractivity contribution in [3.8, 4) is 11.6 Å². The van der Waals surface area contributed by atoms with Gasteiger partial charge in [0, 0.05) is 25.9 Å². The van der Waals surface area contributed by atoms with Crippen LogP contribution in [0.4, 0.5) is 0 Å². The molecule has 0 aliphatic heterocycles. The van der Waals surface area contributed by atoms with Crippen molar-refractivity contribution in [2.45, 2.75) is 39.2 Å². The van der Waals surface area contributed by atoms with Crippen LogP contribution in [0.15, 0.2) is 27.3 Å². The van der Waals surface area contributed by atoms with Gasteiger partial charge in [0.15, 0.2) is 5.76 Å². The average Bonchev–Trinajstić information content (AvgIpc) is 3.11. The lowest BCUT2D eigenvalue weighted by Gasteiger charge is -2.28. The molecule has 0 atom stereocenters. The number of amides is 1. The van der Waals surface area contributed by atoms with Gasteiger partial charge in [0.25, 0.3) is 0 Å². The number of hydrogen-bond donors (Lipinski definition) is 1. The third-order valence-corrected chi connectivity index (χ3v) is 3.07. The van der Waals surface area contributed by atoms with Crippen LogP contribution in [0.1, 0.15) is 33.1 Å². The van der Waals surface area contributed by atoms with Crippen molar-refractivity contribution in [1.82, 2.24) is 15.0 Å². The van der Waals surface area contributed by atoms with Crippen molar-refractivity contribution >= 4 is 5.91 Å². The maximum Gasteiger partial charge on any atom is 0.238 e. The molecular formula is C15H21N3O4. The molecule has 0 aliphatic carbocycles. The van der Waals surface area contributed by atoms with E-state index in [-0.39, 0.29) is 12.3 Å². The minimum atomic E-state index is -0.914. The van der Waals surface area contributed by atoms with Crippen molar-refractivity contribution in [3.05, 3.63) is 24.3 Å². The summed E-state index contributed by atoms with van der Waals surface area (Å²) in [5, 5.41) is 13.6. The van der Waals surface area contributed by atoms with E-state index < -0.39 is 5.60 Å². The second-order valence-electron chi connectivity index (χ2n) is 5.71. The van der Waals surface area contributed by atoms with Crippen LogP contribution in [0, 0.1) is 0 Å². The molecule has 1 amide bonds. The van der Waals surface area contributed by atoms with E-state index in [0.717, 1.165) is 0 Å². The number of aromatic nitrogens is 2. The van der Waals surface area contributed by atoms with E-state index in [1.807, 2.05) is 6.92 Å². The first-order valence-corrected chi connectivity index (χ1v) is 7.25. The van der Waals surface area contributed by atoms with Gasteiger partial charge in [0.1, 0.15) is 0 Å². The summed E-state index contributed by atoms with van der Waals surface area (Å²) in [7, 11) is 0. The summed E-state index contributed by atoms with van der Waals surface area (Å²) in [6.07, 6.45) is 2.14. The normalized spacial score (nSPS) is 11.6. The molecule has 0 aliphatic rings. The van der Waals surface area contributed by atoms with Gasteiger partial charge in [0.05, 0.1) is 11.9 Å². The Morgan fingerprint density at radius 2 is 2.23 bits per heavy atom. The van der Waals surface area contributed by atoms with Gasteiger partial charge in [-0.15, -0.1) is 0 Å². The van der Waals surface area contributed by atoms with E-state index in [0.29, 0.717) is 37.0 Å². The van der Waals surface area contributed by atoms with Gasteiger partial charge < -0.3 is 18.9 Å². The molecular weight excluding hydrogens is 286 g/mol. The Kier molecular flexibility index (Phi) is 4.97. The molecule has 0 saturated carbocycles. The van der Waals surface area contributed by atoms with E-state index in [4.69, 9.17) is 8.94 Å². The first kappa shape index (κ1) is 16.2. The number of carbonyl (C=O) groups excluding carboxylic acids is 1. The Bertz CT molecular complexity index is 599. The van der Waals surface area contributed by atoms with Gasteiger partial charge >= 0.3 is 0 Å². The van der Waals surface area contributed by atoms with Gasteiger partial charge in [0.2, 0.25) is 17.6 Å². The van der Waals surface area contributed by atoms with E-state index >= 15 is 0 Å². The highest BCUT2D eigenvalue weighted by Crippen LogP contribution is 2.16. The zero-order valence-corrected chi connectivity index (χ0v) is 13.1. The van der Waals surface area contributed by atoms with Crippen LogP contribution in [-0.2, 0) is 11.2 Å². The fourth-order valence-electron chi connectivity index (χ4n) is 2.08. The molecule has 0 spiro atoms. The molecule has 2 heterocycles. The van der Waals surface area contributed by atoms with E-state index in [2.05, 4.69) is 10.1 Å². The van der Waals surface area contributed by atoms with Crippen molar-refractivity contribution in [1.29, 1.82) is 0 Å². The van der Waals surface area contributed by atoms with Crippen LogP contribution in [0.2, 0.25) is 0 Å². The maximum atomic E-state index is 12.2. The monoisotopic (exact) mass is 307 g/mol. The minimum absolute atomic E-state index is 0.0534. The Hall–Kier alpha value is -2.15. The van der Waals surface area contributed by atoms with Crippen LogP contribution in [0.5, 0.6) is 0 Å². The molecule has 2 aromatic heterocycles. The first-order chi connectivity index (χ1) is 10.4. The summed E-state index contributed by atoms with van der Waals surface area (Å²) in [6, 6.07) is 3.48. The molecule has 0 saturated heterocycles. The van der Waals surface area contributed by atoms with E-state index in [1.165, 1.54) is 6.26 Å². The highest BCUT2D eigenvalue weighted by atomic mass is 16.5. The van der Waals surface area contributed by atoms with Gasteiger partial charge in [-0.2, -0.15) is 4.98 Å². The zero-order valence-electron chi connectivity index (χ0n) is 13.1. The standard InChI is InChI=1S/C15H21N3O4/c1-4-18(10-15(2,3)20)13(19)8-7-12-16-14(17-22-12)11-6-5-9-21-11/h5-6,9,20H,4,7-8,10H2,1-3H3. The van der Waals surface area contributed by atoms with Crippen LogP contribution in [0.3, 0.4) is 0 Å². The predicted octanol–water partition coefficient (Wildman–Crippen LogP) is 1.88. The first-order valence-electron chi connectivity index (χ1n) is 7.25. The number of furan rings is 1. The topological polar surface area (TPSA) is 92.6 Å². The highest BCUT2D eigenvalue weighted by molar-refractivity contribution is 5.76. The van der Waals surface area contributed by atoms with E-state index in [1.54, 1.807) is 30.9 Å². The van der Waals surface area contributed by atoms with Crippen molar-refractivity contribution in [2.24, 2.45) is 0 Å². The van der Waals surface area contributed by atoms with Gasteiger partial charge in [-0.05, 0) is 32.9 Å². The van der Waals surface area contributed by atoms with Crippen molar-refractivity contribution in [3.63, 3.8) is 0 Å². The summed E-state index contributed by atoms with van der Waals surface area (Å²) in [5.74, 6) is 1.23. The SMILES string of the molecule is CCN(CC(C)(C)O)C(=O)CCc1nc(-c2ccco2)no1. The molecule has 7 nitrogen and oxygen atoms in total. The maximum absolute atomic E-state index is 12.2. The quantitative estimate of drug-likeness (QED) is 0.839. The summed E-state index contributed by atoms with van der Waals surface area (Å²) < 4.78 is 10.3. The summed E-state index contributed by atoms with van der Waals surface area (Å²) in [6.45, 7) is 6.08. The molecule has 2 aromatic rings. The lowest BCUT2D eigenvalue weighted by Crippen LogP contribution is -2.42. The summed E-state index contributed by atoms with van der Waals surface area (Å²) >= 11 is 0. The van der Waals surface area contributed by atoms with Gasteiger partial charge in [-0.25, -0.2) is 0 Å². The number of rotatable bonds is 7. The zero-order chi connectivity index (χ0) is 16.2. The van der Waals surface area contributed by atoms with Crippen LogP contribution < -0.4 is 0 Å². The third-order valence-electron chi connectivity index (χ3n) is 3.07. The molecule has 0 unspecified atom stereocenters. The summed E-state index contributed by atoms with van der Waals surface area (Å²) in [5.41, 5.74) is -0.914. The molecule has 0 aromatic carbocycles. The molecule has 22 heavy (non-hydrogen) atoms. The van der Waals surface area contributed by atoms with Gasteiger partial charge in [-0.3, -0.25) is 4.79 Å².